The average Bonchev–Trinajstić information content (AvgIpc) is 2.85. The first kappa shape index (κ1) is 26.5. The zero-order chi connectivity index (χ0) is 27.1. The second-order valence-corrected chi connectivity index (χ2v) is 12.9. The predicted molar refractivity (Wildman–Crippen MR) is 136 cm³/mol. The molecule has 1 heterocycles. The van der Waals surface area contributed by atoms with Gasteiger partial charge in [0.05, 0.1) is 35.9 Å². The molecule has 1 saturated heterocycles. The van der Waals surface area contributed by atoms with Gasteiger partial charge in [0.15, 0.2) is 5.78 Å². The van der Waals surface area contributed by atoms with Crippen LogP contribution in [0.2, 0.25) is 0 Å². The van der Waals surface area contributed by atoms with E-state index in [1.54, 1.807) is 13.8 Å². The molecule has 1 unspecified atom stereocenters. The van der Waals surface area contributed by atoms with Crippen molar-refractivity contribution < 1.29 is 34.4 Å². The van der Waals surface area contributed by atoms with E-state index in [9.17, 15) is 24.9 Å². The van der Waals surface area contributed by atoms with Gasteiger partial charge in [0.25, 0.3) is 0 Å². The number of benzene rings is 1. The summed E-state index contributed by atoms with van der Waals surface area (Å²) in [5, 5.41) is 35.2. The molecule has 3 N–H and O–H groups in total. The van der Waals surface area contributed by atoms with Crippen molar-refractivity contribution in [2.45, 2.75) is 84.9 Å². The summed E-state index contributed by atoms with van der Waals surface area (Å²) in [4.78, 5) is 28.6. The molecule has 5 rings (SSSR count). The Hall–Kier alpha value is -2.06. The number of fused-ring (bicyclic) bond motifs is 5. The normalized spacial score (nSPS) is 44.6. The molecule has 7 nitrogen and oxygen atoms in total. The van der Waals surface area contributed by atoms with E-state index in [0.717, 1.165) is 5.56 Å². The molecule has 202 valence electrons. The molecular weight excluding hydrogens is 472 g/mol. The van der Waals surface area contributed by atoms with Gasteiger partial charge in [0, 0.05) is 23.7 Å². The van der Waals surface area contributed by atoms with Gasteiger partial charge >= 0.3 is 5.97 Å². The van der Waals surface area contributed by atoms with E-state index in [2.05, 4.69) is 6.92 Å². The van der Waals surface area contributed by atoms with E-state index in [1.807, 2.05) is 51.1 Å². The lowest BCUT2D eigenvalue weighted by molar-refractivity contribution is -0.301. The molecule has 3 fully saturated rings. The number of esters is 1. The highest BCUT2D eigenvalue weighted by molar-refractivity contribution is 6.06. The Bertz CT molecular complexity index is 1140. The second kappa shape index (κ2) is 8.47. The molecule has 9 atom stereocenters. The lowest BCUT2D eigenvalue weighted by Gasteiger charge is -2.68. The number of rotatable bonds is 3. The highest BCUT2D eigenvalue weighted by atomic mass is 16.5. The van der Waals surface area contributed by atoms with Crippen molar-refractivity contribution in [3.63, 3.8) is 0 Å². The third-order valence-corrected chi connectivity index (χ3v) is 10.8. The van der Waals surface area contributed by atoms with Gasteiger partial charge in [-0.3, -0.25) is 9.59 Å². The second-order valence-electron chi connectivity index (χ2n) is 12.9. The Labute approximate surface area is 218 Å². The number of Topliss-reactive ketones (excluding diaryl/α,β-unsaturated/α-hetero) is 1. The molecule has 1 aromatic carbocycles. The van der Waals surface area contributed by atoms with Crippen LogP contribution in [0.15, 0.2) is 41.5 Å². The van der Waals surface area contributed by atoms with Crippen LogP contribution in [-0.2, 0) is 25.7 Å². The van der Waals surface area contributed by atoms with E-state index < -0.39 is 63.6 Å². The van der Waals surface area contributed by atoms with Crippen LogP contribution in [0.3, 0.4) is 0 Å². The third-order valence-electron chi connectivity index (χ3n) is 10.8. The van der Waals surface area contributed by atoms with E-state index in [0.29, 0.717) is 17.8 Å². The van der Waals surface area contributed by atoms with E-state index >= 15 is 0 Å². The zero-order valence-electron chi connectivity index (χ0n) is 22.7. The lowest BCUT2D eigenvalue weighted by Crippen LogP contribution is -2.74. The standard InChI is InChI=1S/C30H40O7/c1-16-19(31)13-30(35)17(2)24-28(5)15-37-21(28)12-20(32)29(24,6)25(33)22(23(16)27(30,3)4)26(34)36-14-18-10-8-7-9-11-18/h7-11,17,19-22,24,31-32,35H,12-15H2,1-6H3/t17-,19-,20-,21+,22?,24+,28+,29+,30+/m0/s1. The number of ketones is 1. The number of hydrogen-bond acceptors (Lipinski definition) is 7. The predicted octanol–water partition coefficient (Wildman–Crippen LogP) is 3.20. The molecule has 0 amide bonds. The Balaban J connectivity index is 1.69. The molecular formula is C30H40O7. The van der Waals surface area contributed by atoms with Crippen LogP contribution in [0.25, 0.3) is 0 Å². The van der Waals surface area contributed by atoms with Crippen LogP contribution in [0, 0.1) is 34.0 Å². The number of hydrogen-bond donors (Lipinski definition) is 3. The largest absolute Gasteiger partial charge is 0.460 e. The molecule has 0 spiro atoms. The van der Waals surface area contributed by atoms with E-state index in [-0.39, 0.29) is 25.6 Å². The third kappa shape index (κ3) is 3.40. The maximum atomic E-state index is 14.7. The molecule has 0 radical (unpaired) electrons. The Kier molecular flexibility index (Phi) is 6.08. The minimum atomic E-state index is -1.44. The lowest BCUT2D eigenvalue weighted by atomic mass is 9.40. The van der Waals surface area contributed by atoms with Gasteiger partial charge in [-0.05, 0) is 42.4 Å². The SMILES string of the molecule is CC1=C2C(C(=O)OCc3ccccc3)C(=O)[C@@]3(C)[C@H]([C@H](C)[C@](O)(C[C@@H]1O)C2(C)C)[C@]1(C)CO[C@@H]1C[C@@H]3O. The smallest absolute Gasteiger partial charge is 0.321 e. The molecule has 0 aromatic heterocycles. The van der Waals surface area contributed by atoms with Gasteiger partial charge in [-0.25, -0.2) is 0 Å². The van der Waals surface area contributed by atoms with E-state index in [1.165, 1.54) is 0 Å². The van der Waals surface area contributed by atoms with Crippen LogP contribution in [-0.4, -0.2) is 57.6 Å². The van der Waals surface area contributed by atoms with E-state index in [4.69, 9.17) is 9.47 Å². The van der Waals surface area contributed by atoms with Crippen molar-refractivity contribution in [3.8, 4) is 0 Å². The maximum Gasteiger partial charge on any atom is 0.321 e. The molecule has 7 heteroatoms. The fraction of sp³-hybridized carbons (Fsp3) is 0.667. The molecule has 3 aliphatic carbocycles. The van der Waals surface area contributed by atoms with Gasteiger partial charge in [0.2, 0.25) is 0 Å². The van der Waals surface area contributed by atoms with Crippen LogP contribution in [0.5, 0.6) is 0 Å². The minimum Gasteiger partial charge on any atom is -0.460 e. The highest BCUT2D eigenvalue weighted by Crippen LogP contribution is 2.67. The number of carbonyl (C=O) groups is 2. The molecule has 2 bridgehead atoms. The summed E-state index contributed by atoms with van der Waals surface area (Å²) in [5.74, 6) is -3.42. The topological polar surface area (TPSA) is 113 Å². The summed E-state index contributed by atoms with van der Waals surface area (Å²) in [6.07, 6.45) is -1.93. The van der Waals surface area contributed by atoms with Crippen molar-refractivity contribution in [2.24, 2.45) is 34.0 Å². The van der Waals surface area contributed by atoms with Crippen molar-refractivity contribution in [2.75, 3.05) is 6.61 Å². The summed E-state index contributed by atoms with van der Waals surface area (Å²) in [6, 6.07) is 9.25. The summed E-state index contributed by atoms with van der Waals surface area (Å²) >= 11 is 0. The molecule has 37 heavy (non-hydrogen) atoms. The number of aliphatic hydroxyl groups is 3. The Morgan fingerprint density at radius 3 is 2.38 bits per heavy atom. The van der Waals surface area contributed by atoms with Gasteiger partial charge in [-0.1, -0.05) is 58.0 Å². The quantitative estimate of drug-likeness (QED) is 0.324. The fourth-order valence-electron chi connectivity index (χ4n) is 8.55. The van der Waals surface area contributed by atoms with Crippen LogP contribution in [0.1, 0.15) is 59.9 Å². The maximum absolute atomic E-state index is 14.7. The van der Waals surface area contributed by atoms with Gasteiger partial charge < -0.3 is 24.8 Å². The minimum absolute atomic E-state index is 0.00421. The first-order chi connectivity index (χ1) is 17.2. The first-order valence-corrected chi connectivity index (χ1v) is 13.4. The van der Waals surface area contributed by atoms with Gasteiger partial charge in [-0.2, -0.15) is 0 Å². The number of aliphatic hydroxyl groups excluding tert-OH is 2. The summed E-state index contributed by atoms with van der Waals surface area (Å²) in [6.45, 7) is 11.6. The van der Waals surface area contributed by atoms with Crippen molar-refractivity contribution in [3.05, 3.63) is 47.0 Å². The van der Waals surface area contributed by atoms with Crippen molar-refractivity contribution in [1.29, 1.82) is 0 Å². The van der Waals surface area contributed by atoms with Crippen molar-refractivity contribution >= 4 is 11.8 Å². The van der Waals surface area contributed by atoms with Gasteiger partial charge in [-0.15, -0.1) is 0 Å². The van der Waals surface area contributed by atoms with Gasteiger partial charge in [0.1, 0.15) is 12.5 Å². The molecule has 4 aliphatic rings. The molecule has 2 saturated carbocycles. The summed E-state index contributed by atoms with van der Waals surface area (Å²) in [7, 11) is 0. The number of carbonyl (C=O) groups excluding carboxylic acids is 2. The van der Waals surface area contributed by atoms with Crippen LogP contribution in [0.4, 0.5) is 0 Å². The zero-order valence-corrected chi connectivity index (χ0v) is 22.7. The average molecular weight is 513 g/mol. The monoisotopic (exact) mass is 512 g/mol. The van der Waals surface area contributed by atoms with Crippen LogP contribution >= 0.6 is 0 Å². The highest BCUT2D eigenvalue weighted by Gasteiger charge is 2.73. The fourth-order valence-corrected chi connectivity index (χ4v) is 8.55. The summed E-state index contributed by atoms with van der Waals surface area (Å²) < 4.78 is 11.6. The molecule has 1 aliphatic heterocycles. The Morgan fingerprint density at radius 2 is 1.78 bits per heavy atom. The Morgan fingerprint density at radius 1 is 1.14 bits per heavy atom. The first-order valence-electron chi connectivity index (χ1n) is 13.4. The molecule has 1 aromatic rings. The van der Waals surface area contributed by atoms with Crippen molar-refractivity contribution in [1.82, 2.24) is 0 Å². The van der Waals surface area contributed by atoms with Crippen LogP contribution < -0.4 is 0 Å². The number of ether oxygens (including phenoxy) is 2. The summed E-state index contributed by atoms with van der Waals surface area (Å²) in [5.41, 5.74) is -2.52.